The summed E-state index contributed by atoms with van der Waals surface area (Å²) >= 11 is 3.35. The molecular weight excluding hydrogens is 258 g/mol. The van der Waals surface area contributed by atoms with E-state index >= 15 is 0 Å². The van der Waals surface area contributed by atoms with Gasteiger partial charge in [0.2, 0.25) is 5.91 Å². The fourth-order valence-corrected chi connectivity index (χ4v) is 1.41. The fourth-order valence-electron chi connectivity index (χ4n) is 0.981. The summed E-state index contributed by atoms with van der Waals surface area (Å²) in [5.41, 5.74) is 0.851. The third kappa shape index (κ3) is 4.00. The Labute approximate surface area is 96.4 Å². The molecule has 4 nitrogen and oxygen atoms in total. The molecule has 0 spiro atoms. The highest BCUT2D eigenvalue weighted by Gasteiger charge is 2.01. The number of halogens is 1. The lowest BCUT2D eigenvalue weighted by Gasteiger charge is -2.07. The minimum Gasteiger partial charge on any atom is -0.375 e. The average Bonchev–Trinajstić information content (AvgIpc) is 2.25. The van der Waals surface area contributed by atoms with Crippen molar-refractivity contribution in [3.05, 3.63) is 28.7 Å². The summed E-state index contributed by atoms with van der Waals surface area (Å²) in [6.45, 7) is 0.195. The molecule has 15 heavy (non-hydrogen) atoms. The largest absolute Gasteiger partial charge is 0.375 e. The Hall–Kier alpha value is -1.54. The highest BCUT2D eigenvalue weighted by Crippen LogP contribution is 2.20. The Bertz CT molecular complexity index is 386. The molecule has 5 heteroatoms. The van der Waals surface area contributed by atoms with Crippen LogP contribution < -0.4 is 10.6 Å². The van der Waals surface area contributed by atoms with Gasteiger partial charge in [0.25, 0.3) is 0 Å². The van der Waals surface area contributed by atoms with Crippen molar-refractivity contribution in [2.45, 2.75) is 0 Å². The Morgan fingerprint density at radius 3 is 2.87 bits per heavy atom. The van der Waals surface area contributed by atoms with E-state index in [2.05, 4.69) is 26.6 Å². The molecule has 1 rings (SSSR count). The van der Waals surface area contributed by atoms with Crippen molar-refractivity contribution in [2.75, 3.05) is 18.4 Å². The van der Waals surface area contributed by atoms with E-state index in [9.17, 15) is 4.79 Å². The molecule has 0 aromatic heterocycles. The second-order valence-corrected chi connectivity index (χ2v) is 3.62. The van der Waals surface area contributed by atoms with E-state index < -0.39 is 0 Å². The number of nitrogens with zero attached hydrogens (tertiary/aromatic N) is 1. The molecule has 0 saturated heterocycles. The first-order valence-corrected chi connectivity index (χ1v) is 5.15. The van der Waals surface area contributed by atoms with Crippen molar-refractivity contribution in [2.24, 2.45) is 0 Å². The number of benzene rings is 1. The van der Waals surface area contributed by atoms with Crippen LogP contribution in [0.1, 0.15) is 0 Å². The highest BCUT2D eigenvalue weighted by molar-refractivity contribution is 9.10. The smallest absolute Gasteiger partial charge is 0.240 e. The van der Waals surface area contributed by atoms with Crippen LogP contribution in [-0.4, -0.2) is 19.0 Å². The predicted octanol–water partition coefficient (Wildman–Crippen LogP) is 1.50. The number of para-hydroxylation sites is 1. The zero-order valence-electron chi connectivity index (χ0n) is 7.96. The molecule has 0 bridgehead atoms. The van der Waals surface area contributed by atoms with E-state index in [1.165, 1.54) is 0 Å². The molecule has 0 aliphatic carbocycles. The summed E-state index contributed by atoms with van der Waals surface area (Å²) in [7, 11) is 0. The number of amides is 1. The van der Waals surface area contributed by atoms with E-state index in [0.29, 0.717) is 0 Å². The molecule has 0 unspecified atom stereocenters. The van der Waals surface area contributed by atoms with Gasteiger partial charge in [-0.2, -0.15) is 5.26 Å². The number of anilines is 1. The van der Waals surface area contributed by atoms with E-state index in [4.69, 9.17) is 5.26 Å². The molecule has 0 atom stereocenters. The first-order valence-electron chi connectivity index (χ1n) is 4.36. The van der Waals surface area contributed by atoms with Gasteiger partial charge >= 0.3 is 0 Å². The van der Waals surface area contributed by atoms with Crippen LogP contribution in [-0.2, 0) is 4.79 Å². The standard InChI is InChI=1S/C10H10BrN3O/c11-8-3-1-2-4-9(8)14-7-10(15)13-6-5-12/h1-4,14H,6-7H2,(H,13,15). The maximum atomic E-state index is 11.1. The second-order valence-electron chi connectivity index (χ2n) is 2.77. The summed E-state index contributed by atoms with van der Waals surface area (Å²) < 4.78 is 0.901. The van der Waals surface area contributed by atoms with Crippen LogP contribution in [0, 0.1) is 11.3 Å². The number of carbonyl (C=O) groups is 1. The van der Waals surface area contributed by atoms with Gasteiger partial charge in [0.1, 0.15) is 6.54 Å². The molecule has 1 amide bonds. The summed E-state index contributed by atoms with van der Waals surface area (Å²) in [5, 5.41) is 13.6. The zero-order chi connectivity index (χ0) is 11.1. The number of hydrogen-bond donors (Lipinski definition) is 2. The minimum atomic E-state index is -0.202. The number of hydrogen-bond acceptors (Lipinski definition) is 3. The molecule has 0 aliphatic heterocycles. The van der Waals surface area contributed by atoms with Gasteiger partial charge in [-0.15, -0.1) is 0 Å². The Morgan fingerprint density at radius 2 is 2.20 bits per heavy atom. The van der Waals surface area contributed by atoms with Gasteiger partial charge in [-0.1, -0.05) is 12.1 Å². The third-order valence-corrected chi connectivity index (χ3v) is 2.37. The van der Waals surface area contributed by atoms with Gasteiger partial charge in [0, 0.05) is 10.2 Å². The van der Waals surface area contributed by atoms with Gasteiger partial charge in [-0.25, -0.2) is 0 Å². The topological polar surface area (TPSA) is 64.9 Å². The number of carbonyl (C=O) groups excluding carboxylic acids is 1. The van der Waals surface area contributed by atoms with Crippen LogP contribution >= 0.6 is 15.9 Å². The first kappa shape index (κ1) is 11.5. The number of rotatable bonds is 4. The van der Waals surface area contributed by atoms with Gasteiger partial charge < -0.3 is 10.6 Å². The van der Waals surface area contributed by atoms with Crippen LogP contribution in [0.15, 0.2) is 28.7 Å². The second kappa shape index (κ2) is 6.04. The lowest BCUT2D eigenvalue weighted by Crippen LogP contribution is -2.30. The van der Waals surface area contributed by atoms with Crippen LogP contribution in [0.5, 0.6) is 0 Å². The summed E-state index contributed by atoms with van der Waals surface area (Å²) in [6.07, 6.45) is 0. The summed E-state index contributed by atoms with van der Waals surface area (Å²) in [6, 6.07) is 9.36. The van der Waals surface area contributed by atoms with Gasteiger partial charge in [-0.3, -0.25) is 4.79 Å². The minimum absolute atomic E-state index is 0.0382. The fraction of sp³-hybridized carbons (Fsp3) is 0.200. The molecule has 78 valence electrons. The maximum absolute atomic E-state index is 11.1. The van der Waals surface area contributed by atoms with Crippen LogP contribution in [0.25, 0.3) is 0 Å². The van der Waals surface area contributed by atoms with Gasteiger partial charge in [0.15, 0.2) is 0 Å². The third-order valence-electron chi connectivity index (χ3n) is 1.68. The van der Waals surface area contributed by atoms with Crippen LogP contribution in [0.4, 0.5) is 5.69 Å². The Kier molecular flexibility index (Phi) is 4.64. The highest BCUT2D eigenvalue weighted by atomic mass is 79.9. The molecule has 0 heterocycles. The summed E-state index contributed by atoms with van der Waals surface area (Å²) in [5.74, 6) is -0.202. The first-order chi connectivity index (χ1) is 7.24. The van der Waals surface area contributed by atoms with Crippen molar-refractivity contribution in [3.8, 4) is 6.07 Å². The van der Waals surface area contributed by atoms with Crippen molar-refractivity contribution in [1.29, 1.82) is 5.26 Å². The molecule has 0 aliphatic rings. The molecule has 1 aromatic carbocycles. The van der Waals surface area contributed by atoms with Crippen molar-refractivity contribution in [1.82, 2.24) is 5.32 Å². The predicted molar refractivity (Wildman–Crippen MR) is 61.3 cm³/mol. The average molecular weight is 268 g/mol. The molecule has 1 aromatic rings. The van der Waals surface area contributed by atoms with E-state index in [1.807, 2.05) is 30.3 Å². The van der Waals surface area contributed by atoms with Crippen molar-refractivity contribution < 1.29 is 4.79 Å². The summed E-state index contributed by atoms with van der Waals surface area (Å²) in [4.78, 5) is 11.1. The van der Waals surface area contributed by atoms with E-state index in [-0.39, 0.29) is 19.0 Å². The lowest BCUT2D eigenvalue weighted by molar-refractivity contribution is -0.119. The van der Waals surface area contributed by atoms with Crippen LogP contribution in [0.3, 0.4) is 0 Å². The van der Waals surface area contributed by atoms with Crippen LogP contribution in [0.2, 0.25) is 0 Å². The van der Waals surface area contributed by atoms with E-state index in [1.54, 1.807) is 0 Å². The Morgan fingerprint density at radius 1 is 1.47 bits per heavy atom. The van der Waals surface area contributed by atoms with Crippen molar-refractivity contribution in [3.63, 3.8) is 0 Å². The SMILES string of the molecule is N#CCNC(=O)CNc1ccccc1Br. The number of nitrogens with one attached hydrogen (secondary N) is 2. The molecule has 2 N–H and O–H groups in total. The molecule has 0 radical (unpaired) electrons. The Balaban J connectivity index is 2.41. The lowest BCUT2D eigenvalue weighted by atomic mass is 10.3. The quantitative estimate of drug-likeness (QED) is 0.813. The number of nitriles is 1. The van der Waals surface area contributed by atoms with Gasteiger partial charge in [0.05, 0.1) is 12.6 Å². The monoisotopic (exact) mass is 267 g/mol. The van der Waals surface area contributed by atoms with E-state index in [0.717, 1.165) is 10.2 Å². The van der Waals surface area contributed by atoms with Gasteiger partial charge in [-0.05, 0) is 28.1 Å². The molecular formula is C10H10BrN3O. The maximum Gasteiger partial charge on any atom is 0.240 e. The van der Waals surface area contributed by atoms with Crippen molar-refractivity contribution >= 4 is 27.5 Å². The normalized spacial score (nSPS) is 9.07. The zero-order valence-corrected chi connectivity index (χ0v) is 9.54. The molecule has 0 saturated carbocycles. The molecule has 0 fully saturated rings.